The topological polar surface area (TPSA) is 165 Å². The van der Waals surface area contributed by atoms with Crippen molar-refractivity contribution in [2.24, 2.45) is 0 Å². The van der Waals surface area contributed by atoms with E-state index in [2.05, 4.69) is 20.1 Å². The number of aromatic nitrogens is 5. The Morgan fingerprint density at radius 1 is 1.02 bits per heavy atom. The summed E-state index contributed by atoms with van der Waals surface area (Å²) in [5.74, 6) is 1.88. The second kappa shape index (κ2) is 10.7. The molecule has 6 rings (SSSR count). The summed E-state index contributed by atoms with van der Waals surface area (Å²) >= 11 is 0. The average Bonchev–Trinajstić information content (AvgIpc) is 3.74. The lowest BCUT2D eigenvalue weighted by Gasteiger charge is -2.36. The number of amides is 1. The van der Waals surface area contributed by atoms with Crippen molar-refractivity contribution in [1.82, 2.24) is 33.8 Å². The number of nitrogens with two attached hydrogens (primary N) is 1. The first-order chi connectivity index (χ1) is 19.4. The van der Waals surface area contributed by atoms with Gasteiger partial charge in [0.15, 0.2) is 5.76 Å². The Morgan fingerprint density at radius 2 is 1.82 bits per heavy atom. The van der Waals surface area contributed by atoms with E-state index in [0.29, 0.717) is 49.3 Å². The van der Waals surface area contributed by atoms with Crippen LogP contribution >= 0.6 is 0 Å². The maximum Gasteiger partial charge on any atom is 0.259 e. The Balaban J connectivity index is 1.09. The Kier molecular flexibility index (Phi) is 6.98. The van der Waals surface area contributed by atoms with Crippen molar-refractivity contribution in [3.05, 3.63) is 48.7 Å². The third-order valence-electron chi connectivity index (χ3n) is 7.05. The minimum atomic E-state index is -3.51. The van der Waals surface area contributed by atoms with E-state index in [-0.39, 0.29) is 43.1 Å². The fourth-order valence-corrected chi connectivity index (χ4v) is 6.28. The summed E-state index contributed by atoms with van der Waals surface area (Å²) in [6.07, 6.45) is 2.94. The summed E-state index contributed by atoms with van der Waals surface area (Å²) in [7, 11) is -3.51. The molecule has 210 valence electrons. The number of ether oxygens (including phenoxy) is 1. The van der Waals surface area contributed by atoms with Crippen molar-refractivity contribution in [3.8, 4) is 17.3 Å². The number of piperazine rings is 1. The summed E-state index contributed by atoms with van der Waals surface area (Å²) in [6.45, 7) is 1.72. The summed E-state index contributed by atoms with van der Waals surface area (Å²) in [5, 5.41) is 4.32. The first-order valence-corrected chi connectivity index (χ1v) is 14.7. The summed E-state index contributed by atoms with van der Waals surface area (Å²) in [5.41, 5.74) is 6.16. The van der Waals surface area contributed by atoms with Crippen LogP contribution in [0, 0.1) is 0 Å². The molecule has 40 heavy (non-hydrogen) atoms. The zero-order chi connectivity index (χ0) is 27.7. The van der Waals surface area contributed by atoms with Crippen molar-refractivity contribution < 1.29 is 22.4 Å². The van der Waals surface area contributed by atoms with E-state index in [1.807, 2.05) is 23.1 Å². The molecule has 2 aliphatic rings. The highest BCUT2D eigenvalue weighted by Crippen LogP contribution is 2.26. The Bertz CT molecular complexity index is 1590. The molecule has 2 N–H and O–H groups in total. The number of rotatable bonds is 8. The van der Waals surface area contributed by atoms with Crippen LogP contribution in [0.25, 0.3) is 17.4 Å². The van der Waals surface area contributed by atoms with Crippen molar-refractivity contribution in [3.63, 3.8) is 0 Å². The van der Waals surface area contributed by atoms with E-state index in [0.717, 1.165) is 6.42 Å². The summed E-state index contributed by atoms with van der Waals surface area (Å²) in [4.78, 5) is 30.4. The summed E-state index contributed by atoms with van der Waals surface area (Å²) in [6, 6.07) is 12.1. The number of carbonyl (C=O) groups is 1. The highest BCUT2D eigenvalue weighted by atomic mass is 32.2. The van der Waals surface area contributed by atoms with Gasteiger partial charge in [0.05, 0.1) is 12.0 Å². The number of sulfonamides is 1. The van der Waals surface area contributed by atoms with E-state index in [1.165, 1.54) is 15.1 Å². The zero-order valence-corrected chi connectivity index (χ0v) is 22.5. The molecule has 1 aromatic carbocycles. The molecule has 2 saturated heterocycles. The van der Waals surface area contributed by atoms with Gasteiger partial charge in [0.25, 0.3) is 5.78 Å². The lowest BCUT2D eigenvalue weighted by atomic mass is 10.2. The van der Waals surface area contributed by atoms with Crippen LogP contribution in [0.15, 0.2) is 53.1 Å². The fourth-order valence-electron chi connectivity index (χ4n) is 5.00. The normalized spacial score (nSPS) is 18.4. The number of hydrogen-bond acceptors (Lipinski definition) is 11. The molecule has 2 aliphatic heterocycles. The van der Waals surface area contributed by atoms with Crippen LogP contribution < -0.4 is 15.4 Å². The summed E-state index contributed by atoms with van der Waals surface area (Å²) < 4.78 is 39.4. The highest BCUT2D eigenvalue weighted by molar-refractivity contribution is 7.89. The smallest absolute Gasteiger partial charge is 0.259 e. The molecule has 3 aromatic heterocycles. The van der Waals surface area contributed by atoms with E-state index < -0.39 is 16.1 Å². The van der Waals surface area contributed by atoms with Crippen LogP contribution in [0.3, 0.4) is 0 Å². The number of anilines is 2. The third kappa shape index (κ3) is 5.16. The molecule has 14 nitrogen and oxygen atoms in total. The molecule has 0 radical (unpaired) electrons. The van der Waals surface area contributed by atoms with E-state index >= 15 is 0 Å². The minimum absolute atomic E-state index is 0.0606. The number of para-hydroxylation sites is 1. The van der Waals surface area contributed by atoms with Gasteiger partial charge in [-0.15, -0.1) is 5.10 Å². The number of benzene rings is 1. The first kappa shape index (κ1) is 26.0. The predicted molar refractivity (Wildman–Crippen MR) is 145 cm³/mol. The molecule has 4 aromatic rings. The van der Waals surface area contributed by atoms with Crippen LogP contribution in [0.2, 0.25) is 0 Å². The Labute approximate surface area is 230 Å². The largest absolute Gasteiger partial charge is 0.492 e. The van der Waals surface area contributed by atoms with Crippen molar-refractivity contribution in [2.75, 3.05) is 55.7 Å². The first-order valence-electron chi connectivity index (χ1n) is 13.0. The number of fused-ring (bicyclic) bond motifs is 1. The van der Waals surface area contributed by atoms with Gasteiger partial charge in [-0.2, -0.15) is 23.8 Å². The molecule has 1 atom stereocenters. The van der Waals surface area contributed by atoms with Gasteiger partial charge in [0.1, 0.15) is 18.4 Å². The quantitative estimate of drug-likeness (QED) is 0.321. The molecule has 0 saturated carbocycles. The molecule has 1 amide bonds. The number of carbonyl (C=O) groups excluding carboxylic acids is 1. The van der Waals surface area contributed by atoms with Gasteiger partial charge in [-0.3, -0.25) is 4.79 Å². The average molecular weight is 568 g/mol. The number of furan rings is 1. The van der Waals surface area contributed by atoms with Crippen molar-refractivity contribution in [1.29, 1.82) is 0 Å². The van der Waals surface area contributed by atoms with Gasteiger partial charge in [0, 0.05) is 32.7 Å². The highest BCUT2D eigenvalue weighted by Gasteiger charge is 2.38. The zero-order valence-electron chi connectivity index (χ0n) is 21.7. The Hall–Kier alpha value is -4.24. The molecular formula is C25H29N9O5S. The Morgan fingerprint density at radius 3 is 2.58 bits per heavy atom. The number of nitrogen functional groups attached to an aromatic ring is 1. The van der Waals surface area contributed by atoms with Crippen LogP contribution in [0.1, 0.15) is 12.8 Å². The molecule has 0 spiro atoms. The van der Waals surface area contributed by atoms with Crippen LogP contribution in [-0.4, -0.2) is 99.2 Å². The van der Waals surface area contributed by atoms with Gasteiger partial charge in [0.2, 0.25) is 33.7 Å². The SMILES string of the molecule is Nc1nc(N2CCC[C@H]2C(=O)N2CCN(S(=O)(=O)CCOc3ccccc3)CC2)nc2nc(-c3ccco3)nn12. The maximum atomic E-state index is 13.5. The predicted octanol–water partition coefficient (Wildman–Crippen LogP) is 0.883. The standard InChI is InChI=1S/C25H29N9O5S/c26-23-28-24(29-25-27-21(30-34(23)25)20-9-5-15-39-20)33-10-4-8-19(33)22(35)31-11-13-32(14-12-31)40(36,37)17-16-38-18-6-2-1-3-7-18/h1-3,5-7,9,15,19H,4,8,10-14,16-17H2,(H2,26,27,28,29,30)/t19-/m0/s1. The fraction of sp³-hybridized carbons (Fsp3) is 0.400. The van der Waals surface area contributed by atoms with Gasteiger partial charge in [-0.1, -0.05) is 18.2 Å². The monoisotopic (exact) mass is 567 g/mol. The van der Waals surface area contributed by atoms with E-state index in [9.17, 15) is 13.2 Å². The minimum Gasteiger partial charge on any atom is -0.492 e. The molecule has 0 unspecified atom stereocenters. The van der Waals surface area contributed by atoms with Gasteiger partial charge in [-0.25, -0.2) is 8.42 Å². The van der Waals surface area contributed by atoms with Crippen LogP contribution in [-0.2, 0) is 14.8 Å². The molecule has 0 bridgehead atoms. The molecule has 0 aliphatic carbocycles. The van der Waals surface area contributed by atoms with E-state index in [4.69, 9.17) is 14.9 Å². The lowest BCUT2D eigenvalue weighted by Crippen LogP contribution is -2.55. The third-order valence-corrected chi connectivity index (χ3v) is 8.89. The van der Waals surface area contributed by atoms with Crippen LogP contribution in [0.4, 0.5) is 11.9 Å². The number of nitrogens with zero attached hydrogens (tertiary/aromatic N) is 8. The van der Waals surface area contributed by atoms with Gasteiger partial charge >= 0.3 is 0 Å². The number of hydrogen-bond donors (Lipinski definition) is 1. The molecular weight excluding hydrogens is 538 g/mol. The second-order valence-corrected chi connectivity index (χ2v) is 11.6. The van der Waals surface area contributed by atoms with E-state index in [1.54, 1.807) is 29.2 Å². The van der Waals surface area contributed by atoms with Crippen molar-refractivity contribution >= 4 is 33.6 Å². The molecule has 2 fully saturated rings. The lowest BCUT2D eigenvalue weighted by molar-refractivity contribution is -0.133. The van der Waals surface area contributed by atoms with Crippen LogP contribution in [0.5, 0.6) is 5.75 Å². The van der Waals surface area contributed by atoms with Gasteiger partial charge < -0.3 is 24.7 Å². The van der Waals surface area contributed by atoms with Crippen molar-refractivity contribution in [2.45, 2.75) is 18.9 Å². The second-order valence-electron chi connectivity index (χ2n) is 9.56. The molecule has 15 heteroatoms. The van der Waals surface area contributed by atoms with Gasteiger partial charge in [-0.05, 0) is 37.1 Å². The molecule has 5 heterocycles. The maximum absolute atomic E-state index is 13.5.